The first-order chi connectivity index (χ1) is 11.6. The van der Waals surface area contributed by atoms with Crippen LogP contribution in [0.25, 0.3) is 0 Å². The van der Waals surface area contributed by atoms with Crippen LogP contribution in [-0.2, 0) is 9.53 Å². The quantitative estimate of drug-likeness (QED) is 0.743. The second kappa shape index (κ2) is 8.72. The van der Waals surface area contributed by atoms with E-state index in [0.717, 1.165) is 23.5 Å². The summed E-state index contributed by atoms with van der Waals surface area (Å²) in [6, 6.07) is 14.6. The lowest BCUT2D eigenvalue weighted by Gasteiger charge is -2.09. The van der Waals surface area contributed by atoms with Crippen LogP contribution in [-0.4, -0.2) is 18.5 Å². The number of ether oxygens (including phenoxy) is 1. The van der Waals surface area contributed by atoms with Crippen LogP contribution >= 0.6 is 0 Å². The highest BCUT2D eigenvalue weighted by Gasteiger charge is 2.06. The monoisotopic (exact) mass is 326 g/mol. The highest BCUT2D eigenvalue weighted by molar-refractivity contribution is 5.91. The predicted octanol–water partition coefficient (Wildman–Crippen LogP) is 4.35. The molecular weight excluding hydrogens is 304 g/mol. The van der Waals surface area contributed by atoms with Crippen molar-refractivity contribution >= 4 is 28.9 Å². The molecule has 5 nitrogen and oxygen atoms in total. The summed E-state index contributed by atoms with van der Waals surface area (Å²) in [5.41, 5.74) is 3.06. The molecule has 0 saturated heterocycles. The zero-order valence-corrected chi connectivity index (χ0v) is 14.0. The van der Waals surface area contributed by atoms with Gasteiger partial charge in [0.05, 0.1) is 12.2 Å². The molecule has 0 radical (unpaired) electrons. The Labute approximate surface area is 142 Å². The van der Waals surface area contributed by atoms with E-state index in [1.807, 2.05) is 43.3 Å². The lowest BCUT2D eigenvalue weighted by atomic mass is 10.2. The number of esters is 1. The minimum Gasteiger partial charge on any atom is -0.462 e. The normalized spacial score (nSPS) is 10.1. The molecule has 0 aliphatic rings. The summed E-state index contributed by atoms with van der Waals surface area (Å²) in [4.78, 5) is 23.2. The lowest BCUT2D eigenvalue weighted by molar-refractivity contribution is -0.116. The molecule has 5 heteroatoms. The van der Waals surface area contributed by atoms with Crippen molar-refractivity contribution in [2.24, 2.45) is 0 Å². The minimum absolute atomic E-state index is 0.0211. The zero-order valence-electron chi connectivity index (χ0n) is 14.0. The molecule has 24 heavy (non-hydrogen) atoms. The van der Waals surface area contributed by atoms with Crippen LogP contribution in [0.1, 0.15) is 37.0 Å². The van der Waals surface area contributed by atoms with Crippen molar-refractivity contribution in [1.29, 1.82) is 0 Å². The van der Waals surface area contributed by atoms with Crippen LogP contribution in [0.15, 0.2) is 48.5 Å². The number of rotatable bonds is 7. The highest BCUT2D eigenvalue weighted by Crippen LogP contribution is 2.20. The van der Waals surface area contributed by atoms with E-state index >= 15 is 0 Å². The topological polar surface area (TPSA) is 67.4 Å². The first-order valence-corrected chi connectivity index (χ1v) is 8.06. The van der Waals surface area contributed by atoms with E-state index in [4.69, 9.17) is 4.74 Å². The zero-order chi connectivity index (χ0) is 17.4. The van der Waals surface area contributed by atoms with Crippen LogP contribution in [0.3, 0.4) is 0 Å². The predicted molar refractivity (Wildman–Crippen MR) is 95.7 cm³/mol. The molecule has 0 aliphatic heterocycles. The Morgan fingerprint density at radius 3 is 1.96 bits per heavy atom. The number of anilines is 3. The Hall–Kier alpha value is -2.82. The fourth-order valence-electron chi connectivity index (χ4n) is 2.16. The molecule has 0 unspecified atom stereocenters. The Kier molecular flexibility index (Phi) is 6.37. The summed E-state index contributed by atoms with van der Waals surface area (Å²) in [7, 11) is 0. The van der Waals surface area contributed by atoms with Crippen LogP contribution < -0.4 is 10.6 Å². The number of hydrogen-bond donors (Lipinski definition) is 2. The van der Waals surface area contributed by atoms with Crippen molar-refractivity contribution in [2.75, 3.05) is 17.2 Å². The lowest BCUT2D eigenvalue weighted by Crippen LogP contribution is -2.10. The third kappa shape index (κ3) is 5.12. The van der Waals surface area contributed by atoms with Gasteiger partial charge >= 0.3 is 5.97 Å². The molecule has 2 rings (SSSR count). The summed E-state index contributed by atoms with van der Waals surface area (Å²) < 4.78 is 4.95. The molecule has 0 saturated carbocycles. The van der Waals surface area contributed by atoms with Gasteiger partial charge in [-0.25, -0.2) is 4.79 Å². The second-order valence-electron chi connectivity index (χ2n) is 5.30. The van der Waals surface area contributed by atoms with Gasteiger partial charge in [0.25, 0.3) is 0 Å². The van der Waals surface area contributed by atoms with E-state index in [1.165, 1.54) is 0 Å². The maximum Gasteiger partial charge on any atom is 0.338 e. The average Bonchev–Trinajstić information content (AvgIpc) is 2.58. The first-order valence-electron chi connectivity index (χ1n) is 8.06. The van der Waals surface area contributed by atoms with Gasteiger partial charge in [-0.2, -0.15) is 0 Å². The molecule has 0 bridgehead atoms. The summed E-state index contributed by atoms with van der Waals surface area (Å²) >= 11 is 0. The van der Waals surface area contributed by atoms with E-state index in [2.05, 4.69) is 10.6 Å². The fourth-order valence-corrected chi connectivity index (χ4v) is 2.16. The van der Waals surface area contributed by atoms with Gasteiger partial charge in [-0.3, -0.25) is 4.79 Å². The summed E-state index contributed by atoms with van der Waals surface area (Å²) in [6.45, 7) is 4.11. The second-order valence-corrected chi connectivity index (χ2v) is 5.30. The molecule has 0 spiro atoms. The van der Waals surface area contributed by atoms with Crippen molar-refractivity contribution in [2.45, 2.75) is 26.7 Å². The Morgan fingerprint density at radius 2 is 1.42 bits per heavy atom. The van der Waals surface area contributed by atoms with E-state index in [0.29, 0.717) is 18.6 Å². The highest BCUT2D eigenvalue weighted by atomic mass is 16.5. The number of benzene rings is 2. The maximum absolute atomic E-state index is 11.6. The number of nitrogens with one attached hydrogen (secondary N) is 2. The third-order valence-electron chi connectivity index (χ3n) is 3.33. The number of amides is 1. The SMILES string of the molecule is CCCC(=O)Nc1ccc(Nc2ccc(C(=O)OCC)cc2)cc1. The van der Waals surface area contributed by atoms with Gasteiger partial charge in [0.15, 0.2) is 0 Å². The van der Waals surface area contributed by atoms with Crippen LogP contribution in [0.5, 0.6) is 0 Å². The Bertz CT molecular complexity index is 679. The van der Waals surface area contributed by atoms with Gasteiger partial charge < -0.3 is 15.4 Å². The smallest absolute Gasteiger partial charge is 0.338 e. The Balaban J connectivity index is 1.96. The number of carbonyl (C=O) groups is 2. The summed E-state index contributed by atoms with van der Waals surface area (Å²) in [5, 5.41) is 6.09. The molecule has 0 aliphatic carbocycles. The van der Waals surface area contributed by atoms with Crippen LogP contribution in [0.4, 0.5) is 17.1 Å². The molecule has 0 heterocycles. The molecule has 0 atom stereocenters. The van der Waals surface area contributed by atoms with Gasteiger partial charge in [0, 0.05) is 23.5 Å². The largest absolute Gasteiger partial charge is 0.462 e. The maximum atomic E-state index is 11.6. The Morgan fingerprint density at radius 1 is 0.875 bits per heavy atom. The van der Waals surface area contributed by atoms with Gasteiger partial charge in [-0.1, -0.05) is 6.92 Å². The van der Waals surface area contributed by atoms with E-state index in [1.54, 1.807) is 19.1 Å². The fraction of sp³-hybridized carbons (Fsp3) is 0.263. The summed E-state index contributed by atoms with van der Waals surface area (Å²) in [6.07, 6.45) is 1.35. The van der Waals surface area contributed by atoms with Gasteiger partial charge in [0.1, 0.15) is 0 Å². The van der Waals surface area contributed by atoms with Crippen molar-refractivity contribution in [1.82, 2.24) is 0 Å². The minimum atomic E-state index is -0.323. The number of hydrogen-bond acceptors (Lipinski definition) is 4. The molecule has 2 aromatic rings. The van der Waals surface area contributed by atoms with Crippen LogP contribution in [0, 0.1) is 0 Å². The molecule has 126 valence electrons. The molecule has 0 aromatic heterocycles. The molecule has 2 aromatic carbocycles. The van der Waals surface area contributed by atoms with E-state index in [9.17, 15) is 9.59 Å². The van der Waals surface area contributed by atoms with E-state index in [-0.39, 0.29) is 11.9 Å². The molecule has 1 amide bonds. The molecule has 0 fully saturated rings. The van der Waals surface area contributed by atoms with Crippen molar-refractivity contribution in [3.05, 3.63) is 54.1 Å². The number of carbonyl (C=O) groups excluding carboxylic acids is 2. The third-order valence-corrected chi connectivity index (χ3v) is 3.33. The average molecular weight is 326 g/mol. The van der Waals surface area contributed by atoms with Crippen molar-refractivity contribution in [3.8, 4) is 0 Å². The van der Waals surface area contributed by atoms with Crippen molar-refractivity contribution < 1.29 is 14.3 Å². The standard InChI is InChI=1S/C19H22N2O3/c1-3-5-18(22)21-17-12-10-16(11-13-17)20-15-8-6-14(7-9-15)19(23)24-4-2/h6-13,20H,3-5H2,1-2H3,(H,21,22). The summed E-state index contributed by atoms with van der Waals surface area (Å²) in [5.74, 6) is -0.302. The van der Waals surface area contributed by atoms with Gasteiger partial charge in [0.2, 0.25) is 5.91 Å². The van der Waals surface area contributed by atoms with Gasteiger partial charge in [-0.15, -0.1) is 0 Å². The van der Waals surface area contributed by atoms with Gasteiger partial charge in [-0.05, 0) is 61.9 Å². The molecular formula is C19H22N2O3. The van der Waals surface area contributed by atoms with Crippen molar-refractivity contribution in [3.63, 3.8) is 0 Å². The van der Waals surface area contributed by atoms with Crippen LogP contribution in [0.2, 0.25) is 0 Å². The first kappa shape index (κ1) is 17.5. The van der Waals surface area contributed by atoms with E-state index < -0.39 is 0 Å². The molecule has 2 N–H and O–H groups in total.